The molecule has 0 saturated heterocycles. The number of nitrogens with zero attached hydrogens (tertiary/aromatic N) is 2. The fourth-order valence-electron chi connectivity index (χ4n) is 2.22. The Morgan fingerprint density at radius 1 is 1.10 bits per heavy atom. The number of fused-ring (bicyclic) bond motifs is 1. The third-order valence-corrected chi connectivity index (χ3v) is 3.32. The van der Waals surface area contributed by atoms with Crippen LogP contribution in [0.2, 0.25) is 0 Å². The number of hydrogen-bond acceptors (Lipinski definition) is 3. The van der Waals surface area contributed by atoms with Crippen molar-refractivity contribution in [3.63, 3.8) is 0 Å². The Morgan fingerprint density at radius 2 is 1.85 bits per heavy atom. The summed E-state index contributed by atoms with van der Waals surface area (Å²) in [5.41, 5.74) is 1.50. The lowest BCUT2D eigenvalue weighted by Crippen LogP contribution is -2.20. The highest BCUT2D eigenvalue weighted by molar-refractivity contribution is 5.81. The van der Waals surface area contributed by atoms with E-state index in [-0.39, 0.29) is 5.56 Å². The molecule has 20 heavy (non-hydrogen) atoms. The van der Waals surface area contributed by atoms with Gasteiger partial charge in [-0.05, 0) is 12.1 Å². The van der Waals surface area contributed by atoms with Crippen LogP contribution in [0.1, 0.15) is 0 Å². The topological polar surface area (TPSA) is 44.1 Å². The second-order valence-corrected chi connectivity index (χ2v) is 4.55. The summed E-state index contributed by atoms with van der Waals surface area (Å²) in [6.45, 7) is 0. The van der Waals surface area contributed by atoms with Crippen molar-refractivity contribution in [1.82, 2.24) is 9.55 Å². The third kappa shape index (κ3) is 1.95. The molecular weight excluding hydrogens is 252 g/mol. The van der Waals surface area contributed by atoms with Gasteiger partial charge in [0, 0.05) is 18.7 Å². The van der Waals surface area contributed by atoms with Crippen molar-refractivity contribution >= 4 is 10.9 Å². The highest BCUT2D eigenvalue weighted by Gasteiger charge is 2.10. The first kappa shape index (κ1) is 12.4. The largest absolute Gasteiger partial charge is 0.497 e. The predicted octanol–water partition coefficient (Wildman–Crippen LogP) is 2.61. The Morgan fingerprint density at radius 3 is 2.55 bits per heavy atom. The molecule has 0 atom stereocenters. The molecule has 0 fully saturated rings. The maximum atomic E-state index is 12.4. The van der Waals surface area contributed by atoms with Crippen molar-refractivity contribution in [3.05, 3.63) is 58.9 Å². The fraction of sp³-hybridized carbons (Fsp3) is 0.125. The van der Waals surface area contributed by atoms with E-state index in [0.717, 1.165) is 5.56 Å². The summed E-state index contributed by atoms with van der Waals surface area (Å²) in [7, 11) is 3.33. The van der Waals surface area contributed by atoms with Gasteiger partial charge in [0.2, 0.25) is 0 Å². The summed E-state index contributed by atoms with van der Waals surface area (Å²) in [5.74, 6) is 1.34. The molecule has 0 amide bonds. The van der Waals surface area contributed by atoms with Crippen LogP contribution in [-0.4, -0.2) is 16.7 Å². The minimum Gasteiger partial charge on any atom is -0.497 e. The van der Waals surface area contributed by atoms with Crippen LogP contribution in [0.5, 0.6) is 5.75 Å². The van der Waals surface area contributed by atoms with Crippen LogP contribution in [0, 0.1) is 0 Å². The number of aromatic nitrogens is 2. The van der Waals surface area contributed by atoms with E-state index in [1.54, 1.807) is 36.9 Å². The van der Waals surface area contributed by atoms with E-state index in [9.17, 15) is 4.79 Å². The van der Waals surface area contributed by atoms with Gasteiger partial charge >= 0.3 is 0 Å². The average molecular weight is 266 g/mol. The normalized spacial score (nSPS) is 10.7. The molecule has 2 aromatic carbocycles. The minimum absolute atomic E-state index is 0.0588. The monoisotopic (exact) mass is 266 g/mol. The highest BCUT2D eigenvalue weighted by atomic mass is 16.5. The molecule has 0 N–H and O–H groups in total. The molecular formula is C16H14N2O2. The summed E-state index contributed by atoms with van der Waals surface area (Å²) in [5, 5.41) is 0.591. The van der Waals surface area contributed by atoms with Crippen molar-refractivity contribution in [3.8, 4) is 17.1 Å². The van der Waals surface area contributed by atoms with Crippen LogP contribution < -0.4 is 10.3 Å². The summed E-state index contributed by atoms with van der Waals surface area (Å²) in [6.07, 6.45) is 0. The lowest BCUT2D eigenvalue weighted by molar-refractivity contribution is 0.415. The van der Waals surface area contributed by atoms with E-state index in [1.807, 2.05) is 30.3 Å². The van der Waals surface area contributed by atoms with E-state index in [4.69, 9.17) is 4.74 Å². The van der Waals surface area contributed by atoms with Crippen LogP contribution in [-0.2, 0) is 7.05 Å². The van der Waals surface area contributed by atoms with Crippen LogP contribution in [0.3, 0.4) is 0 Å². The Hall–Kier alpha value is -2.62. The van der Waals surface area contributed by atoms with Gasteiger partial charge < -0.3 is 4.74 Å². The van der Waals surface area contributed by atoms with Crippen molar-refractivity contribution in [2.75, 3.05) is 7.11 Å². The van der Waals surface area contributed by atoms with Gasteiger partial charge in [-0.25, -0.2) is 4.98 Å². The number of ether oxygens (including phenoxy) is 1. The molecule has 1 aromatic heterocycles. The lowest BCUT2D eigenvalue weighted by Gasteiger charge is -2.10. The maximum Gasteiger partial charge on any atom is 0.261 e. The molecule has 1 heterocycles. The Bertz CT molecular complexity index is 823. The Balaban J connectivity index is 2.34. The van der Waals surface area contributed by atoms with Crippen LogP contribution in [0.4, 0.5) is 0 Å². The van der Waals surface area contributed by atoms with E-state index < -0.39 is 0 Å². The molecule has 0 spiro atoms. The third-order valence-electron chi connectivity index (χ3n) is 3.32. The van der Waals surface area contributed by atoms with Crippen molar-refractivity contribution in [2.45, 2.75) is 0 Å². The summed E-state index contributed by atoms with van der Waals surface area (Å²) in [4.78, 5) is 17.0. The summed E-state index contributed by atoms with van der Waals surface area (Å²) in [6, 6.07) is 15.0. The highest BCUT2D eigenvalue weighted by Crippen LogP contribution is 2.21. The average Bonchev–Trinajstić information content (AvgIpc) is 2.51. The van der Waals surface area contributed by atoms with Crippen LogP contribution >= 0.6 is 0 Å². The van der Waals surface area contributed by atoms with Crippen LogP contribution in [0.25, 0.3) is 22.3 Å². The van der Waals surface area contributed by atoms with Gasteiger partial charge in [-0.3, -0.25) is 9.36 Å². The molecule has 4 nitrogen and oxygen atoms in total. The van der Waals surface area contributed by atoms with Gasteiger partial charge in [-0.1, -0.05) is 30.3 Å². The van der Waals surface area contributed by atoms with Gasteiger partial charge in [-0.15, -0.1) is 0 Å². The number of methoxy groups -OCH3 is 1. The molecule has 0 aliphatic heterocycles. The summed E-state index contributed by atoms with van der Waals surface area (Å²) < 4.78 is 6.76. The lowest BCUT2D eigenvalue weighted by atomic mass is 10.2. The molecule has 3 aromatic rings. The zero-order valence-electron chi connectivity index (χ0n) is 11.3. The zero-order valence-corrected chi connectivity index (χ0v) is 11.3. The molecule has 4 heteroatoms. The number of benzene rings is 2. The quantitative estimate of drug-likeness (QED) is 0.716. The first-order valence-electron chi connectivity index (χ1n) is 6.31. The first-order chi connectivity index (χ1) is 9.70. The molecule has 3 rings (SSSR count). The van der Waals surface area contributed by atoms with Crippen molar-refractivity contribution in [1.29, 1.82) is 0 Å². The molecule has 0 unspecified atom stereocenters. The van der Waals surface area contributed by atoms with Gasteiger partial charge in [0.1, 0.15) is 11.6 Å². The Kier molecular flexibility index (Phi) is 2.99. The standard InChI is InChI=1S/C16H14N2O2/c1-18-15(11-6-4-3-5-7-11)17-14-10-12(20-2)8-9-13(14)16(18)19/h3-10H,1-2H3. The van der Waals surface area contributed by atoms with E-state index in [0.29, 0.717) is 22.5 Å². The fourth-order valence-corrected chi connectivity index (χ4v) is 2.22. The van der Waals surface area contributed by atoms with Crippen molar-refractivity contribution in [2.24, 2.45) is 7.05 Å². The molecule has 0 saturated carbocycles. The Labute approximate surface area is 116 Å². The molecule has 0 aliphatic rings. The first-order valence-corrected chi connectivity index (χ1v) is 6.31. The second kappa shape index (κ2) is 4.81. The summed E-state index contributed by atoms with van der Waals surface area (Å²) >= 11 is 0. The van der Waals surface area contributed by atoms with E-state index >= 15 is 0 Å². The molecule has 100 valence electrons. The molecule has 0 aliphatic carbocycles. The SMILES string of the molecule is COc1ccc2c(=O)n(C)c(-c3ccccc3)nc2c1. The predicted molar refractivity (Wildman–Crippen MR) is 79.0 cm³/mol. The smallest absolute Gasteiger partial charge is 0.261 e. The van der Waals surface area contributed by atoms with Gasteiger partial charge in [0.15, 0.2) is 0 Å². The van der Waals surface area contributed by atoms with Gasteiger partial charge in [0.25, 0.3) is 5.56 Å². The zero-order chi connectivity index (χ0) is 14.1. The van der Waals surface area contributed by atoms with Gasteiger partial charge in [-0.2, -0.15) is 0 Å². The molecule has 0 radical (unpaired) electrons. The van der Waals surface area contributed by atoms with Crippen molar-refractivity contribution < 1.29 is 4.74 Å². The number of hydrogen-bond donors (Lipinski definition) is 0. The van der Waals surface area contributed by atoms with E-state index in [2.05, 4.69) is 4.98 Å². The maximum absolute atomic E-state index is 12.4. The minimum atomic E-state index is -0.0588. The van der Waals surface area contributed by atoms with Gasteiger partial charge in [0.05, 0.1) is 18.0 Å². The second-order valence-electron chi connectivity index (χ2n) is 4.55. The molecule has 0 bridgehead atoms. The number of rotatable bonds is 2. The van der Waals surface area contributed by atoms with Crippen LogP contribution in [0.15, 0.2) is 53.3 Å². The van der Waals surface area contributed by atoms with E-state index in [1.165, 1.54) is 0 Å².